The molecule has 0 heterocycles. The third kappa shape index (κ3) is 16.0. The molecule has 0 unspecified atom stereocenters. The van der Waals surface area contributed by atoms with Gasteiger partial charge in [0.25, 0.3) is 0 Å². The van der Waals surface area contributed by atoms with Gasteiger partial charge in [-0.1, -0.05) is 19.7 Å². The molecule has 0 aliphatic heterocycles. The van der Waals surface area contributed by atoms with Crippen LogP contribution < -0.4 is 0 Å². The van der Waals surface area contributed by atoms with Gasteiger partial charge in [0.05, 0.1) is 39.1 Å². The molecular weight excluding hydrogens is 1650 g/mol. The molecule has 0 amide bonds. The summed E-state index contributed by atoms with van der Waals surface area (Å²) < 4.78 is 730. The normalized spacial score (nSPS) is 15.7. The van der Waals surface area contributed by atoms with Crippen LogP contribution in [0.5, 0.6) is 0 Å². The van der Waals surface area contributed by atoms with E-state index >= 15 is 0 Å². The highest BCUT2D eigenvalue weighted by atomic mass is 19.5. The largest absolute Gasteiger partial charge is 0.462 e. The van der Waals surface area contributed by atoms with Crippen LogP contribution in [0.2, 0.25) is 0 Å². The number of carbonyl (C=O) groups excluding carboxylic acids is 3. The van der Waals surface area contributed by atoms with E-state index in [1.54, 1.807) is 0 Å². The molecule has 0 radical (unpaired) electrons. The molecule has 0 bridgehead atoms. The summed E-state index contributed by atoms with van der Waals surface area (Å²) in [4.78, 5) is 32.0. The molecule has 0 aromatic carbocycles. The molecule has 61 heteroatoms. The smallest absolute Gasteiger partial charge is 0.460 e. The topological polar surface area (TPSA) is 78.9 Å². The highest BCUT2D eigenvalue weighted by Gasteiger charge is 3.01. The number of carbonyl (C=O) groups is 3. The molecule has 0 saturated heterocycles. The van der Waals surface area contributed by atoms with Gasteiger partial charge in [-0.25, -0.2) is 14.4 Å². The summed E-state index contributed by atoms with van der Waals surface area (Å²) in [5, 5.41) is 0. The fourth-order valence-corrected chi connectivity index (χ4v) is 5.53. The van der Waals surface area contributed by atoms with Crippen LogP contribution in [0.1, 0.15) is 26.2 Å². The number of rotatable bonds is 32. The Kier molecular flexibility index (Phi) is 28.2. The van der Waals surface area contributed by atoms with Crippen LogP contribution in [0.15, 0.2) is 37.5 Å². The van der Waals surface area contributed by atoms with E-state index in [0.717, 1.165) is 6.92 Å². The van der Waals surface area contributed by atoms with Crippen molar-refractivity contribution < 1.29 is 270 Å². The Morgan fingerprint density at radius 1 is 0.233 bits per heavy atom. The number of ether oxygens (including phenoxy) is 3. The van der Waals surface area contributed by atoms with Crippen LogP contribution in [0.25, 0.3) is 0 Å². The van der Waals surface area contributed by atoms with E-state index in [4.69, 9.17) is 0 Å². The zero-order valence-corrected chi connectivity index (χ0v) is 46.8. The van der Waals surface area contributed by atoms with E-state index in [1.807, 2.05) is 0 Å². The van der Waals surface area contributed by atoms with Crippen molar-refractivity contribution in [3.63, 3.8) is 0 Å². The highest BCUT2D eigenvalue weighted by molar-refractivity contribution is 5.86. The second-order valence-corrected chi connectivity index (χ2v) is 19.0. The molecule has 0 aliphatic carbocycles. The Bertz CT molecular complexity index is 2960. The minimum absolute atomic E-state index is 0.0429. The monoisotopic (exact) mass is 1670 g/mol. The average Bonchev–Trinajstić information content (AvgIpc) is 0.691. The van der Waals surface area contributed by atoms with Gasteiger partial charge < -0.3 is 14.2 Å². The maximum Gasteiger partial charge on any atom is 0.460 e. The molecule has 0 spiro atoms. The lowest BCUT2D eigenvalue weighted by Gasteiger charge is -2.45. The molecule has 0 atom stereocenters. The van der Waals surface area contributed by atoms with Crippen molar-refractivity contribution in [3.8, 4) is 0 Å². The van der Waals surface area contributed by atoms with Crippen LogP contribution in [0.3, 0.4) is 0 Å². The van der Waals surface area contributed by atoms with Gasteiger partial charge in [0.15, 0.2) is 0 Å². The van der Waals surface area contributed by atoms with Crippen molar-refractivity contribution in [2.24, 2.45) is 0 Å². The lowest BCUT2D eigenvalue weighted by Crippen LogP contribution is -2.78. The van der Waals surface area contributed by atoms with E-state index in [0.29, 0.717) is 6.08 Å². The van der Waals surface area contributed by atoms with Gasteiger partial charge in [0.2, 0.25) is 0 Å². The zero-order chi connectivity index (χ0) is 85.1. The van der Waals surface area contributed by atoms with E-state index in [-0.39, 0.29) is 6.08 Å². The molecule has 0 aliphatic rings. The first-order valence-corrected chi connectivity index (χ1v) is 23.3. The first-order valence-electron chi connectivity index (χ1n) is 23.3. The molecular formula is C42H23F55O6. The predicted octanol–water partition coefficient (Wildman–Crippen LogP) is 20.0. The highest BCUT2D eigenvalue weighted by Crippen LogP contribution is 2.70. The number of hydrogen-bond acceptors (Lipinski definition) is 6. The summed E-state index contributed by atoms with van der Waals surface area (Å²) in [6.45, 7) is 2.96. The molecule has 612 valence electrons. The van der Waals surface area contributed by atoms with Gasteiger partial charge in [-0.05, 0) is 6.92 Å². The quantitative estimate of drug-likeness (QED) is 0.0289. The summed E-state index contributed by atoms with van der Waals surface area (Å²) in [6, 6.07) is 0. The Morgan fingerprint density at radius 2 is 0.359 bits per heavy atom. The first-order chi connectivity index (χ1) is 44.0. The molecule has 0 saturated carbocycles. The molecule has 0 N–H and O–H groups in total. The van der Waals surface area contributed by atoms with Gasteiger partial charge in [-0.2, -0.15) is 241 Å². The molecule has 0 aromatic rings. The summed E-state index contributed by atoms with van der Waals surface area (Å²) in [7, 11) is 0. The van der Waals surface area contributed by atoms with Crippen molar-refractivity contribution in [3.05, 3.63) is 37.5 Å². The number of hydrogen-bond donors (Lipinski definition) is 0. The maximum absolute atomic E-state index is 13.7. The van der Waals surface area contributed by atoms with E-state index < -0.39 is 217 Å². The molecule has 0 rings (SSSR count). The fraction of sp³-hybridized carbons (Fsp3) is 0.786. The summed E-state index contributed by atoms with van der Waals surface area (Å²) in [5.41, 5.74) is -0.589. The molecule has 103 heavy (non-hydrogen) atoms. The van der Waals surface area contributed by atoms with Gasteiger partial charge in [0.1, 0.15) is 0 Å². The third-order valence-corrected chi connectivity index (χ3v) is 11.8. The standard InChI is InChI=1S/C17H7F25O2.C14H9F17O2.C11H7F13O2/c1-2-5(43)44-4-3-6(18,19)7(20,21)8(22,23)9(24,25)10(26,27)11(28,29)12(30,31)13(32,33)14(34,35)15(36,37)16(38,39)17(40,41)42;1-5(2)6(32)33-4-3-7(15,16)8(17,18)9(19,20)10(21,22)11(23,24)12(25,26)13(27,28)14(29,30)31;1-2-5(25)26-4-3-6(12,13)7(14,15)8(16,17)9(18,19)10(20,21)11(22,23)24/h2H,1,3-4H2;1,3-4H2,2H3;2H,1,3-4H2. The Balaban J connectivity index is -0.00000151. The second-order valence-electron chi connectivity index (χ2n) is 19.0. The number of halogens is 55. The van der Waals surface area contributed by atoms with Crippen molar-refractivity contribution in [2.75, 3.05) is 19.8 Å². The van der Waals surface area contributed by atoms with Crippen LogP contribution >= 0.6 is 0 Å². The molecule has 0 fully saturated rings. The summed E-state index contributed by atoms with van der Waals surface area (Å²) in [6.07, 6.45) is -31.7. The van der Waals surface area contributed by atoms with Crippen molar-refractivity contribution in [1.82, 2.24) is 0 Å². The zero-order valence-electron chi connectivity index (χ0n) is 46.8. The Labute approximate surface area is 527 Å². The number of alkyl halides is 55. The van der Waals surface area contributed by atoms with Crippen LogP contribution in [0.4, 0.5) is 241 Å². The Hall–Kier alpha value is -6.22. The minimum Gasteiger partial charge on any atom is -0.462 e. The SMILES string of the molecule is C=C(C)C(=O)OCCC(F)(F)C(F)(F)C(F)(F)C(F)(F)C(F)(F)C(F)(F)C(F)(F)C(F)(F)F.C=CC(=O)OCCC(F)(F)C(F)(F)C(F)(F)C(F)(F)C(F)(F)C(F)(F)C(F)(F)C(F)(F)C(F)(F)C(F)(F)C(F)(F)C(F)(F)F.C=CC(=O)OCCC(F)(F)C(F)(F)C(F)(F)C(F)(F)C(F)(F)C(F)(F)F. The fourth-order valence-electron chi connectivity index (χ4n) is 5.53. The molecule has 6 nitrogen and oxygen atoms in total. The van der Waals surface area contributed by atoms with Crippen LogP contribution in [0, 0.1) is 0 Å². The average molecular weight is 1670 g/mol. The summed E-state index contributed by atoms with van der Waals surface area (Å²) >= 11 is 0. The van der Waals surface area contributed by atoms with Crippen molar-refractivity contribution in [1.29, 1.82) is 0 Å². The molecule has 0 aromatic heterocycles. The lowest BCUT2D eigenvalue weighted by molar-refractivity contribution is -0.482. The van der Waals surface area contributed by atoms with Crippen LogP contribution in [-0.2, 0) is 28.6 Å². The first kappa shape index (κ1) is 101. The van der Waals surface area contributed by atoms with Gasteiger partial charge in [-0.3, -0.25) is 0 Å². The van der Waals surface area contributed by atoms with Crippen molar-refractivity contribution >= 4 is 17.9 Å². The van der Waals surface area contributed by atoms with Gasteiger partial charge in [-0.15, -0.1) is 0 Å². The minimum atomic E-state index is -9.63. The van der Waals surface area contributed by atoms with Crippen LogP contribution in [-0.4, -0.2) is 192 Å². The van der Waals surface area contributed by atoms with E-state index in [9.17, 15) is 256 Å². The predicted molar refractivity (Wildman–Crippen MR) is 214 cm³/mol. The van der Waals surface area contributed by atoms with E-state index in [2.05, 4.69) is 33.9 Å². The van der Waals surface area contributed by atoms with E-state index in [1.165, 1.54) is 0 Å². The lowest BCUT2D eigenvalue weighted by atomic mass is 9.84. The van der Waals surface area contributed by atoms with Gasteiger partial charge >= 0.3 is 173 Å². The van der Waals surface area contributed by atoms with Gasteiger partial charge in [0, 0.05) is 17.7 Å². The second kappa shape index (κ2) is 28.8. The Morgan fingerprint density at radius 3 is 0.485 bits per heavy atom. The summed E-state index contributed by atoms with van der Waals surface area (Å²) in [5.74, 6) is -198. The third-order valence-electron chi connectivity index (χ3n) is 11.8. The van der Waals surface area contributed by atoms with Crippen molar-refractivity contribution in [2.45, 2.75) is 181 Å². The maximum atomic E-state index is 13.7. The number of esters is 3.